The third-order valence-corrected chi connectivity index (χ3v) is 3.97. The Balaban J connectivity index is 2.00. The lowest BCUT2D eigenvalue weighted by atomic mass is 10.2. The van der Waals surface area contributed by atoms with Crippen molar-refractivity contribution < 1.29 is 0 Å². The molecule has 2 rings (SSSR count). The molecule has 0 saturated carbocycles. The Bertz CT molecular complexity index is 419. The van der Waals surface area contributed by atoms with Gasteiger partial charge in [-0.15, -0.1) is 0 Å². The largest absolute Gasteiger partial charge is 0.355 e. The molecule has 1 N–H and O–H groups in total. The van der Waals surface area contributed by atoms with Gasteiger partial charge < -0.3 is 15.1 Å². The second-order valence-corrected chi connectivity index (χ2v) is 5.73. The van der Waals surface area contributed by atoms with Crippen LogP contribution in [0.15, 0.2) is 12.1 Å². The van der Waals surface area contributed by atoms with Crippen LogP contribution in [0.3, 0.4) is 0 Å². The molecule has 0 spiro atoms. The molecule has 0 atom stereocenters. The molecule has 1 saturated heterocycles. The second-order valence-electron chi connectivity index (χ2n) is 5.73. The van der Waals surface area contributed by atoms with Crippen LogP contribution in [0, 0.1) is 6.92 Å². The molecule has 0 unspecified atom stereocenters. The summed E-state index contributed by atoms with van der Waals surface area (Å²) < 4.78 is 0. The van der Waals surface area contributed by atoms with Gasteiger partial charge >= 0.3 is 0 Å². The van der Waals surface area contributed by atoms with Crippen LogP contribution in [-0.2, 0) is 6.54 Å². The van der Waals surface area contributed by atoms with Crippen LogP contribution in [0.2, 0.25) is 0 Å². The lowest BCUT2D eigenvalue weighted by Gasteiger charge is -2.22. The molecule has 4 nitrogen and oxygen atoms in total. The van der Waals surface area contributed by atoms with Crippen molar-refractivity contribution >= 4 is 5.82 Å². The minimum Gasteiger partial charge on any atom is -0.355 e. The molecule has 0 bridgehead atoms. The number of likely N-dealkylation sites (N-methyl/N-ethyl adjacent to an activating group) is 1. The number of hydrogen-bond donors (Lipinski definition) is 1. The molecule has 0 amide bonds. The Labute approximate surface area is 123 Å². The fourth-order valence-electron chi connectivity index (χ4n) is 2.62. The van der Waals surface area contributed by atoms with E-state index in [1.807, 2.05) is 0 Å². The summed E-state index contributed by atoms with van der Waals surface area (Å²) in [6, 6.07) is 4.41. The van der Waals surface area contributed by atoms with Crippen molar-refractivity contribution in [1.82, 2.24) is 15.2 Å². The Hall–Kier alpha value is -1.13. The predicted molar refractivity (Wildman–Crippen MR) is 85.3 cm³/mol. The van der Waals surface area contributed by atoms with Crippen LogP contribution in [0.4, 0.5) is 5.82 Å². The van der Waals surface area contributed by atoms with Gasteiger partial charge in [-0.2, -0.15) is 0 Å². The maximum atomic E-state index is 4.81. The third kappa shape index (κ3) is 4.18. The van der Waals surface area contributed by atoms with Crippen LogP contribution in [0.25, 0.3) is 0 Å². The Morgan fingerprint density at radius 3 is 2.80 bits per heavy atom. The van der Waals surface area contributed by atoms with E-state index in [-0.39, 0.29) is 0 Å². The minimum absolute atomic E-state index is 0.926. The Kier molecular flexibility index (Phi) is 5.80. The highest BCUT2D eigenvalue weighted by Gasteiger charge is 2.14. The van der Waals surface area contributed by atoms with E-state index in [0.29, 0.717) is 0 Å². The van der Waals surface area contributed by atoms with Gasteiger partial charge in [0.15, 0.2) is 0 Å². The van der Waals surface area contributed by atoms with Crippen LogP contribution in [-0.4, -0.2) is 49.7 Å². The van der Waals surface area contributed by atoms with E-state index < -0.39 is 0 Å². The summed E-state index contributed by atoms with van der Waals surface area (Å²) in [4.78, 5) is 9.62. The van der Waals surface area contributed by atoms with Gasteiger partial charge in [-0.1, -0.05) is 13.0 Å². The van der Waals surface area contributed by atoms with Crippen molar-refractivity contribution in [3.8, 4) is 0 Å². The molecule has 0 aliphatic carbocycles. The number of aryl methyl sites for hydroxylation is 1. The first-order valence-electron chi connectivity index (χ1n) is 7.81. The quantitative estimate of drug-likeness (QED) is 0.834. The van der Waals surface area contributed by atoms with Crippen molar-refractivity contribution in [3.63, 3.8) is 0 Å². The zero-order valence-corrected chi connectivity index (χ0v) is 13.2. The molecule has 2 heterocycles. The summed E-state index contributed by atoms with van der Waals surface area (Å²) in [5.41, 5.74) is 2.47. The molecule has 1 aliphatic heterocycles. The summed E-state index contributed by atoms with van der Waals surface area (Å²) in [6.07, 6.45) is 2.39. The van der Waals surface area contributed by atoms with Gasteiger partial charge in [0.1, 0.15) is 5.82 Å². The number of nitrogens with zero attached hydrogens (tertiary/aromatic N) is 3. The molecule has 0 aromatic carbocycles. The van der Waals surface area contributed by atoms with E-state index in [9.17, 15) is 0 Å². The highest BCUT2D eigenvalue weighted by atomic mass is 15.2. The second kappa shape index (κ2) is 7.60. The van der Waals surface area contributed by atoms with E-state index in [2.05, 4.69) is 48.1 Å². The van der Waals surface area contributed by atoms with Crippen molar-refractivity contribution in [2.24, 2.45) is 0 Å². The average molecular weight is 276 g/mol. The molecule has 1 aromatic heterocycles. The lowest BCUT2D eigenvalue weighted by Crippen LogP contribution is -2.29. The van der Waals surface area contributed by atoms with Crippen LogP contribution in [0.5, 0.6) is 0 Å². The molecule has 1 aromatic rings. The van der Waals surface area contributed by atoms with Gasteiger partial charge in [0, 0.05) is 31.9 Å². The topological polar surface area (TPSA) is 31.4 Å². The van der Waals surface area contributed by atoms with Gasteiger partial charge in [0.05, 0.1) is 0 Å². The maximum Gasteiger partial charge on any atom is 0.128 e. The third-order valence-electron chi connectivity index (χ3n) is 3.97. The first-order chi connectivity index (χ1) is 9.70. The molecular formula is C16H28N4. The molecule has 20 heavy (non-hydrogen) atoms. The van der Waals surface area contributed by atoms with E-state index in [4.69, 9.17) is 4.98 Å². The number of nitrogens with one attached hydrogen (secondary N) is 1. The van der Waals surface area contributed by atoms with Crippen molar-refractivity contribution in [1.29, 1.82) is 0 Å². The molecular weight excluding hydrogens is 248 g/mol. The van der Waals surface area contributed by atoms with E-state index >= 15 is 0 Å². The van der Waals surface area contributed by atoms with Gasteiger partial charge in [0.2, 0.25) is 0 Å². The molecule has 1 aliphatic rings. The normalized spacial score (nSPS) is 17.2. The minimum atomic E-state index is 0.926. The zero-order chi connectivity index (χ0) is 14.4. The van der Waals surface area contributed by atoms with Crippen LogP contribution < -0.4 is 10.2 Å². The fourth-order valence-corrected chi connectivity index (χ4v) is 2.62. The lowest BCUT2D eigenvalue weighted by molar-refractivity contribution is 0.360. The number of hydrogen-bond acceptors (Lipinski definition) is 4. The predicted octanol–water partition coefficient (Wildman–Crippen LogP) is 2.03. The molecule has 4 heteroatoms. The summed E-state index contributed by atoms with van der Waals surface area (Å²) >= 11 is 0. The maximum absolute atomic E-state index is 4.81. The van der Waals surface area contributed by atoms with E-state index in [0.717, 1.165) is 44.2 Å². The summed E-state index contributed by atoms with van der Waals surface area (Å²) in [7, 11) is 2.20. The first-order valence-corrected chi connectivity index (χ1v) is 7.81. The molecule has 0 radical (unpaired) electrons. The SMILES string of the molecule is CCCNCc1ccc(N2CCCN(C)CC2)nc1C. The highest BCUT2D eigenvalue weighted by Crippen LogP contribution is 2.16. The number of aromatic nitrogens is 1. The smallest absolute Gasteiger partial charge is 0.128 e. The summed E-state index contributed by atoms with van der Waals surface area (Å²) in [5, 5.41) is 3.45. The number of pyridine rings is 1. The van der Waals surface area contributed by atoms with Crippen molar-refractivity contribution in [2.75, 3.05) is 44.7 Å². The van der Waals surface area contributed by atoms with Gasteiger partial charge in [-0.05, 0) is 51.5 Å². The number of rotatable bonds is 5. The Morgan fingerprint density at radius 1 is 1.20 bits per heavy atom. The summed E-state index contributed by atoms with van der Waals surface area (Å²) in [5.74, 6) is 1.14. The van der Waals surface area contributed by atoms with E-state index in [1.54, 1.807) is 0 Å². The van der Waals surface area contributed by atoms with Gasteiger partial charge in [0.25, 0.3) is 0 Å². The van der Waals surface area contributed by atoms with Crippen LogP contribution >= 0.6 is 0 Å². The number of anilines is 1. The summed E-state index contributed by atoms with van der Waals surface area (Å²) in [6.45, 7) is 10.8. The van der Waals surface area contributed by atoms with E-state index in [1.165, 1.54) is 24.9 Å². The average Bonchev–Trinajstić information content (AvgIpc) is 2.65. The van der Waals surface area contributed by atoms with Gasteiger partial charge in [-0.3, -0.25) is 0 Å². The monoisotopic (exact) mass is 276 g/mol. The van der Waals surface area contributed by atoms with Crippen LogP contribution in [0.1, 0.15) is 31.0 Å². The van der Waals surface area contributed by atoms with Gasteiger partial charge in [-0.25, -0.2) is 4.98 Å². The molecule has 1 fully saturated rings. The highest BCUT2D eigenvalue weighted by molar-refractivity contribution is 5.42. The fraction of sp³-hybridized carbons (Fsp3) is 0.688. The molecule has 112 valence electrons. The van der Waals surface area contributed by atoms with Crippen molar-refractivity contribution in [3.05, 3.63) is 23.4 Å². The zero-order valence-electron chi connectivity index (χ0n) is 13.2. The standard InChI is InChI=1S/C16H28N4/c1-4-8-17-13-15-6-7-16(18-14(15)2)20-10-5-9-19(3)11-12-20/h6-7,17H,4-5,8-13H2,1-3H3. The Morgan fingerprint density at radius 2 is 2.05 bits per heavy atom. The van der Waals surface area contributed by atoms with Crippen molar-refractivity contribution in [2.45, 2.75) is 33.2 Å². The first kappa shape index (κ1) is 15.3.